The first-order valence-corrected chi connectivity index (χ1v) is 12.8. The minimum Gasteiger partial charge on any atom is -0.356 e. The summed E-state index contributed by atoms with van der Waals surface area (Å²) in [6.45, 7) is 6.96. The number of hydrogen-bond acceptors (Lipinski definition) is 4. The number of imidazole rings is 1. The molecule has 0 radical (unpaired) electrons. The first kappa shape index (κ1) is 23.3. The van der Waals surface area contributed by atoms with Crippen LogP contribution in [0.2, 0.25) is 0 Å². The highest BCUT2D eigenvalue weighted by Crippen LogP contribution is 2.46. The largest absolute Gasteiger partial charge is 0.356 e. The smallest absolute Gasteiger partial charge is 0.328 e. The van der Waals surface area contributed by atoms with Gasteiger partial charge in [-0.05, 0) is 47.7 Å². The Morgan fingerprint density at radius 2 is 1.81 bits per heavy atom. The molecule has 2 aliphatic rings. The topological polar surface area (TPSA) is 81.3 Å². The highest BCUT2D eigenvalue weighted by Gasteiger charge is 2.41. The lowest BCUT2D eigenvalue weighted by molar-refractivity contribution is -0.139. The number of nitrogens with one attached hydrogen (secondary N) is 1. The summed E-state index contributed by atoms with van der Waals surface area (Å²) in [5, 5.41) is 4.63. The predicted molar refractivity (Wildman–Crippen MR) is 144 cm³/mol. The molecule has 8 nitrogen and oxygen atoms in total. The molecule has 1 N–H and O–H groups in total. The quantitative estimate of drug-likeness (QED) is 0.461. The highest BCUT2D eigenvalue weighted by molar-refractivity contribution is 6.11. The predicted octanol–water partition coefficient (Wildman–Crippen LogP) is 4.08. The molecule has 0 fully saturated rings. The normalized spacial score (nSPS) is 17.2. The molecule has 2 aliphatic heterocycles. The van der Waals surface area contributed by atoms with E-state index in [0.717, 1.165) is 57.4 Å². The summed E-state index contributed by atoms with van der Waals surface area (Å²) >= 11 is 0. The summed E-state index contributed by atoms with van der Waals surface area (Å²) < 4.78 is 5.55. The lowest BCUT2D eigenvalue weighted by Crippen LogP contribution is -2.33. The van der Waals surface area contributed by atoms with Gasteiger partial charge in [0.1, 0.15) is 0 Å². The van der Waals surface area contributed by atoms with Crippen LogP contribution in [0.4, 0.5) is 5.69 Å². The molecule has 6 rings (SSSR count). The number of carbonyl (C=O) groups is 2. The van der Waals surface area contributed by atoms with Crippen molar-refractivity contribution in [2.45, 2.75) is 39.7 Å². The maximum atomic E-state index is 13.7. The van der Waals surface area contributed by atoms with Crippen molar-refractivity contribution >= 4 is 39.4 Å². The van der Waals surface area contributed by atoms with Crippen molar-refractivity contribution in [3.8, 4) is 0 Å². The maximum absolute atomic E-state index is 13.7. The van der Waals surface area contributed by atoms with Gasteiger partial charge in [0.2, 0.25) is 5.91 Å². The molecule has 4 heterocycles. The van der Waals surface area contributed by atoms with E-state index in [4.69, 9.17) is 0 Å². The highest BCUT2D eigenvalue weighted by atomic mass is 16.2. The van der Waals surface area contributed by atoms with Crippen molar-refractivity contribution in [3.63, 3.8) is 0 Å². The molecular weight excluding hydrogens is 466 g/mol. The third kappa shape index (κ3) is 3.38. The number of anilines is 1. The average Bonchev–Trinajstić information content (AvgIpc) is 3.42. The van der Waals surface area contributed by atoms with E-state index >= 15 is 0 Å². The van der Waals surface area contributed by atoms with E-state index in [-0.39, 0.29) is 30.0 Å². The van der Waals surface area contributed by atoms with Crippen LogP contribution in [0.25, 0.3) is 21.9 Å². The van der Waals surface area contributed by atoms with Crippen molar-refractivity contribution in [3.05, 3.63) is 75.5 Å². The molecule has 1 atom stereocenters. The second-order valence-corrected chi connectivity index (χ2v) is 10.7. The van der Waals surface area contributed by atoms with Crippen LogP contribution in [0.15, 0.2) is 58.7 Å². The number of nitrogens with zero attached hydrogens (tertiary/aromatic N) is 4. The number of imide groups is 1. The fraction of sp³-hybridized carbons (Fsp3) is 0.345. The second kappa shape index (κ2) is 8.23. The molecular formula is C29H31N5O3. The minimum atomic E-state index is -0.384. The van der Waals surface area contributed by atoms with Gasteiger partial charge in [-0.2, -0.15) is 0 Å². The van der Waals surface area contributed by atoms with Crippen LogP contribution in [0.1, 0.15) is 44.2 Å². The molecule has 37 heavy (non-hydrogen) atoms. The third-order valence-corrected chi connectivity index (χ3v) is 7.89. The zero-order valence-electron chi connectivity index (χ0n) is 21.8. The third-order valence-electron chi connectivity index (χ3n) is 7.89. The van der Waals surface area contributed by atoms with Gasteiger partial charge in [-0.15, -0.1) is 0 Å². The van der Waals surface area contributed by atoms with Crippen molar-refractivity contribution < 1.29 is 9.59 Å². The number of benzene rings is 2. The Hall–Kier alpha value is -4.07. The maximum Gasteiger partial charge on any atom is 0.328 e. The van der Waals surface area contributed by atoms with Crippen LogP contribution in [-0.2, 0) is 30.2 Å². The van der Waals surface area contributed by atoms with Crippen molar-refractivity contribution in [1.82, 2.24) is 18.6 Å². The molecule has 4 aromatic rings. The number of amides is 2. The van der Waals surface area contributed by atoms with Crippen LogP contribution in [-0.4, -0.2) is 37.0 Å². The zero-order chi connectivity index (χ0) is 26.2. The first-order chi connectivity index (χ1) is 17.7. The van der Waals surface area contributed by atoms with E-state index in [2.05, 4.69) is 36.0 Å². The molecule has 2 amide bonds. The summed E-state index contributed by atoms with van der Waals surface area (Å²) in [5.41, 5.74) is 6.91. The number of carbonyl (C=O) groups excluding carboxylic acids is 2. The molecule has 0 saturated heterocycles. The average molecular weight is 498 g/mol. The van der Waals surface area contributed by atoms with Gasteiger partial charge in [-0.1, -0.05) is 26.0 Å². The molecule has 2 aromatic carbocycles. The van der Waals surface area contributed by atoms with Crippen LogP contribution >= 0.6 is 0 Å². The molecule has 0 saturated carbocycles. The number of aryl methyl sites for hydroxylation is 3. The summed E-state index contributed by atoms with van der Waals surface area (Å²) in [6.07, 6.45) is 3.21. The van der Waals surface area contributed by atoms with Crippen molar-refractivity contribution in [2.24, 2.45) is 20.0 Å². The van der Waals surface area contributed by atoms with Gasteiger partial charge < -0.3 is 9.88 Å². The van der Waals surface area contributed by atoms with Gasteiger partial charge in [0.05, 0.1) is 28.7 Å². The second-order valence-electron chi connectivity index (χ2n) is 10.7. The van der Waals surface area contributed by atoms with Gasteiger partial charge in [-0.25, -0.2) is 4.79 Å². The fourth-order valence-electron chi connectivity index (χ4n) is 5.91. The van der Waals surface area contributed by atoms with E-state index in [1.165, 1.54) is 11.8 Å². The zero-order valence-corrected chi connectivity index (χ0v) is 21.8. The SMILES string of the molecule is CC(=O)N1CC2=C(C1=O)[C@@H](c1ccc3c(c1)n(C)c(=O)n3C)c1cn(CCC(C)C)c3cccc(c13)N2. The Morgan fingerprint density at radius 1 is 1.05 bits per heavy atom. The molecule has 190 valence electrons. The number of rotatable bonds is 4. The molecule has 0 spiro atoms. The van der Waals surface area contributed by atoms with Crippen LogP contribution in [0, 0.1) is 5.92 Å². The van der Waals surface area contributed by atoms with E-state index in [9.17, 15) is 14.4 Å². The Morgan fingerprint density at radius 3 is 2.54 bits per heavy atom. The number of hydrogen-bond donors (Lipinski definition) is 1. The summed E-state index contributed by atoms with van der Waals surface area (Å²) in [7, 11) is 3.53. The molecule has 0 aliphatic carbocycles. The lowest BCUT2D eigenvalue weighted by Gasteiger charge is -2.20. The lowest BCUT2D eigenvalue weighted by atomic mass is 9.84. The molecule has 0 bridgehead atoms. The van der Waals surface area contributed by atoms with Gasteiger partial charge >= 0.3 is 5.69 Å². The van der Waals surface area contributed by atoms with Crippen LogP contribution in [0.5, 0.6) is 0 Å². The fourth-order valence-corrected chi connectivity index (χ4v) is 5.91. The Labute approximate surface area is 214 Å². The molecule has 0 unspecified atom stereocenters. The summed E-state index contributed by atoms with van der Waals surface area (Å²) in [4.78, 5) is 40.1. The molecule has 2 aromatic heterocycles. The van der Waals surface area contributed by atoms with E-state index in [1.807, 2.05) is 30.3 Å². The Balaban J connectivity index is 1.63. The van der Waals surface area contributed by atoms with Crippen LogP contribution < -0.4 is 11.0 Å². The number of fused-ring (bicyclic) bond motifs is 1. The summed E-state index contributed by atoms with van der Waals surface area (Å²) in [5.74, 6) is -0.363. The standard InChI is InChI=1S/C29H31N5O3/c1-16(2)11-12-33-14-19-25(18-9-10-22-24(13-18)32(5)29(37)31(22)4)27-21(15-34(17(3)35)28(27)36)30-20-7-6-8-23(33)26(19)20/h6-10,13-14,16,25,30H,11-12,15H2,1-5H3/t25-/m0/s1. The Kier molecular flexibility index (Phi) is 5.19. The first-order valence-electron chi connectivity index (χ1n) is 12.8. The van der Waals surface area contributed by atoms with E-state index in [1.54, 1.807) is 23.2 Å². The number of aromatic nitrogens is 3. The Bertz CT molecular complexity index is 1710. The van der Waals surface area contributed by atoms with Gasteiger partial charge in [0.15, 0.2) is 0 Å². The monoisotopic (exact) mass is 497 g/mol. The van der Waals surface area contributed by atoms with E-state index in [0.29, 0.717) is 11.5 Å². The van der Waals surface area contributed by atoms with Crippen LogP contribution in [0.3, 0.4) is 0 Å². The van der Waals surface area contributed by atoms with Crippen molar-refractivity contribution in [1.29, 1.82) is 0 Å². The van der Waals surface area contributed by atoms with Gasteiger partial charge in [-0.3, -0.25) is 23.6 Å². The van der Waals surface area contributed by atoms with Gasteiger partial charge in [0.25, 0.3) is 5.91 Å². The minimum absolute atomic E-state index is 0.0955. The van der Waals surface area contributed by atoms with Crippen molar-refractivity contribution in [2.75, 3.05) is 11.9 Å². The van der Waals surface area contributed by atoms with E-state index < -0.39 is 0 Å². The van der Waals surface area contributed by atoms with Gasteiger partial charge in [0, 0.05) is 56.4 Å². The molecule has 8 heteroatoms. The summed E-state index contributed by atoms with van der Waals surface area (Å²) in [6, 6.07) is 12.2.